The first-order valence-corrected chi connectivity index (χ1v) is 5.13. The van der Waals surface area contributed by atoms with E-state index >= 15 is 0 Å². The molecule has 0 bridgehead atoms. The van der Waals surface area contributed by atoms with Gasteiger partial charge in [0.05, 0.1) is 0 Å². The normalized spacial score (nSPS) is 9.92. The number of hydrogen-bond donors (Lipinski definition) is 0. The number of amides is 1. The van der Waals surface area contributed by atoms with E-state index in [1.54, 1.807) is 0 Å². The fourth-order valence-electron chi connectivity index (χ4n) is 1.05. The number of carbonyl (C=O) groups is 1. The Morgan fingerprint density at radius 1 is 1.42 bits per heavy atom. The number of carbonyl (C=O) groups excluding carboxylic acids is 1. The first kappa shape index (κ1) is 11.8. The van der Waals surface area contributed by atoms with E-state index in [1.165, 1.54) is 0 Å². The zero-order valence-electron chi connectivity index (χ0n) is 7.98. The number of nitrogens with zero attached hydrogens (tertiary/aromatic N) is 1. The Morgan fingerprint density at radius 3 is 2.50 bits per heavy atom. The summed E-state index contributed by atoms with van der Waals surface area (Å²) in [6.07, 6.45) is 2.69. The summed E-state index contributed by atoms with van der Waals surface area (Å²) in [6.45, 7) is 5.81. The minimum absolute atomic E-state index is 0.181. The summed E-state index contributed by atoms with van der Waals surface area (Å²) < 4.78 is 0. The summed E-state index contributed by atoms with van der Waals surface area (Å²) in [7, 11) is 0. The van der Waals surface area contributed by atoms with Crippen LogP contribution in [-0.4, -0.2) is 29.8 Å². The molecule has 0 aliphatic carbocycles. The molecule has 1 amide bonds. The van der Waals surface area contributed by atoms with Crippen LogP contribution in [0.15, 0.2) is 0 Å². The third kappa shape index (κ3) is 4.60. The van der Waals surface area contributed by atoms with Gasteiger partial charge in [0, 0.05) is 25.4 Å². The molecule has 0 saturated heterocycles. The highest BCUT2D eigenvalue weighted by Crippen LogP contribution is 1.99. The molecule has 0 atom stereocenters. The predicted octanol–water partition coefficient (Wildman–Crippen LogP) is 2.26. The van der Waals surface area contributed by atoms with Crippen LogP contribution in [0.5, 0.6) is 0 Å². The zero-order chi connectivity index (χ0) is 9.40. The average molecular weight is 192 g/mol. The molecule has 0 radical (unpaired) electrons. The van der Waals surface area contributed by atoms with Gasteiger partial charge in [0.15, 0.2) is 0 Å². The van der Waals surface area contributed by atoms with E-state index in [4.69, 9.17) is 11.6 Å². The van der Waals surface area contributed by atoms with Gasteiger partial charge in [-0.15, -0.1) is 11.6 Å². The van der Waals surface area contributed by atoms with Gasteiger partial charge in [0.2, 0.25) is 5.91 Å². The van der Waals surface area contributed by atoms with Crippen LogP contribution in [0, 0.1) is 0 Å². The van der Waals surface area contributed by atoms with Crippen LogP contribution in [0.25, 0.3) is 0 Å². The van der Waals surface area contributed by atoms with Crippen LogP contribution in [-0.2, 0) is 4.79 Å². The lowest BCUT2D eigenvalue weighted by Crippen LogP contribution is -2.31. The van der Waals surface area contributed by atoms with E-state index in [0.717, 1.165) is 25.9 Å². The molecule has 0 spiro atoms. The summed E-state index contributed by atoms with van der Waals surface area (Å²) in [5.74, 6) is 0.613. The smallest absolute Gasteiger partial charge is 0.223 e. The molecule has 0 unspecified atom stereocenters. The maximum Gasteiger partial charge on any atom is 0.223 e. The molecular weight excluding hydrogens is 174 g/mol. The third-order valence-corrected chi connectivity index (χ3v) is 2.01. The Morgan fingerprint density at radius 2 is 2.08 bits per heavy atom. The van der Waals surface area contributed by atoms with Gasteiger partial charge in [-0.3, -0.25) is 4.79 Å². The molecule has 2 nitrogen and oxygen atoms in total. The van der Waals surface area contributed by atoms with E-state index < -0.39 is 0 Å². The Balaban J connectivity index is 3.71. The van der Waals surface area contributed by atoms with Crippen molar-refractivity contribution in [1.29, 1.82) is 0 Å². The maximum absolute atomic E-state index is 11.3. The number of hydrogen-bond acceptors (Lipinski definition) is 1. The van der Waals surface area contributed by atoms with Gasteiger partial charge in [-0.1, -0.05) is 13.3 Å². The van der Waals surface area contributed by atoms with Crippen molar-refractivity contribution in [1.82, 2.24) is 4.90 Å². The van der Waals surface area contributed by atoms with Crippen LogP contribution >= 0.6 is 11.6 Å². The molecule has 72 valence electrons. The first-order chi connectivity index (χ1) is 5.76. The SMILES string of the molecule is CCCCN(CC)C(=O)CCCl. The fraction of sp³-hybridized carbons (Fsp3) is 0.889. The van der Waals surface area contributed by atoms with Crippen molar-refractivity contribution in [3.63, 3.8) is 0 Å². The summed E-state index contributed by atoms with van der Waals surface area (Å²) in [6, 6.07) is 0. The van der Waals surface area contributed by atoms with Crippen molar-refractivity contribution < 1.29 is 4.79 Å². The van der Waals surface area contributed by atoms with Crippen molar-refractivity contribution in [2.75, 3.05) is 19.0 Å². The lowest BCUT2D eigenvalue weighted by Gasteiger charge is -2.19. The lowest BCUT2D eigenvalue weighted by molar-refractivity contribution is -0.130. The van der Waals surface area contributed by atoms with Crippen LogP contribution in [0.3, 0.4) is 0 Å². The summed E-state index contributed by atoms with van der Waals surface area (Å²) in [4.78, 5) is 13.2. The van der Waals surface area contributed by atoms with Crippen molar-refractivity contribution in [3.8, 4) is 0 Å². The molecule has 0 heterocycles. The van der Waals surface area contributed by atoms with E-state index in [9.17, 15) is 4.79 Å². The van der Waals surface area contributed by atoms with Crippen molar-refractivity contribution >= 4 is 17.5 Å². The Hall–Kier alpha value is -0.240. The van der Waals surface area contributed by atoms with Crippen LogP contribution in [0.4, 0.5) is 0 Å². The van der Waals surface area contributed by atoms with Crippen LogP contribution in [0.1, 0.15) is 33.1 Å². The number of alkyl halides is 1. The minimum Gasteiger partial charge on any atom is -0.343 e. The Kier molecular flexibility index (Phi) is 7.26. The van der Waals surface area contributed by atoms with E-state index in [2.05, 4.69) is 6.92 Å². The molecule has 3 heteroatoms. The van der Waals surface area contributed by atoms with E-state index in [0.29, 0.717) is 12.3 Å². The minimum atomic E-state index is 0.181. The molecule has 0 aromatic carbocycles. The van der Waals surface area contributed by atoms with Crippen LogP contribution < -0.4 is 0 Å². The molecule has 12 heavy (non-hydrogen) atoms. The van der Waals surface area contributed by atoms with Gasteiger partial charge >= 0.3 is 0 Å². The average Bonchev–Trinajstić information content (AvgIpc) is 2.06. The topological polar surface area (TPSA) is 20.3 Å². The van der Waals surface area contributed by atoms with Gasteiger partial charge in [-0.05, 0) is 13.3 Å². The highest BCUT2D eigenvalue weighted by molar-refractivity contribution is 6.18. The van der Waals surface area contributed by atoms with Gasteiger partial charge in [0.25, 0.3) is 0 Å². The molecule has 0 saturated carbocycles. The van der Waals surface area contributed by atoms with Gasteiger partial charge in [0.1, 0.15) is 0 Å². The highest BCUT2D eigenvalue weighted by Gasteiger charge is 2.08. The Bertz CT molecular complexity index is 128. The molecule has 0 aromatic heterocycles. The second kappa shape index (κ2) is 7.41. The van der Waals surface area contributed by atoms with E-state index in [-0.39, 0.29) is 5.91 Å². The fourth-order valence-corrected chi connectivity index (χ4v) is 1.21. The molecule has 0 N–H and O–H groups in total. The molecule has 0 aliphatic heterocycles. The van der Waals surface area contributed by atoms with Crippen molar-refractivity contribution in [3.05, 3.63) is 0 Å². The lowest BCUT2D eigenvalue weighted by atomic mass is 10.3. The molecular formula is C9H18ClNO. The van der Waals surface area contributed by atoms with E-state index in [1.807, 2.05) is 11.8 Å². The molecule has 0 aliphatic rings. The molecule has 0 fully saturated rings. The number of rotatable bonds is 6. The molecule has 0 aromatic rings. The van der Waals surface area contributed by atoms with Gasteiger partial charge in [-0.2, -0.15) is 0 Å². The van der Waals surface area contributed by atoms with Crippen molar-refractivity contribution in [2.24, 2.45) is 0 Å². The zero-order valence-corrected chi connectivity index (χ0v) is 8.73. The summed E-state index contributed by atoms with van der Waals surface area (Å²) in [5, 5.41) is 0. The first-order valence-electron chi connectivity index (χ1n) is 4.60. The summed E-state index contributed by atoms with van der Waals surface area (Å²) >= 11 is 5.48. The number of halogens is 1. The second-order valence-corrected chi connectivity index (χ2v) is 3.14. The largest absolute Gasteiger partial charge is 0.343 e. The van der Waals surface area contributed by atoms with Gasteiger partial charge in [-0.25, -0.2) is 0 Å². The third-order valence-electron chi connectivity index (χ3n) is 1.82. The highest BCUT2D eigenvalue weighted by atomic mass is 35.5. The van der Waals surface area contributed by atoms with Crippen molar-refractivity contribution in [2.45, 2.75) is 33.1 Å². The quantitative estimate of drug-likeness (QED) is 0.590. The van der Waals surface area contributed by atoms with Gasteiger partial charge < -0.3 is 4.90 Å². The monoisotopic (exact) mass is 191 g/mol. The predicted molar refractivity (Wildman–Crippen MR) is 52.5 cm³/mol. The molecule has 0 rings (SSSR count). The summed E-state index contributed by atoms with van der Waals surface area (Å²) in [5.41, 5.74) is 0. The number of unbranched alkanes of at least 4 members (excludes halogenated alkanes) is 1. The maximum atomic E-state index is 11.3. The second-order valence-electron chi connectivity index (χ2n) is 2.77. The Labute approximate surface area is 79.9 Å². The van der Waals surface area contributed by atoms with Crippen LogP contribution in [0.2, 0.25) is 0 Å². The standard InChI is InChI=1S/C9H18ClNO/c1-3-5-8-11(4-2)9(12)6-7-10/h3-8H2,1-2H3.